The van der Waals surface area contributed by atoms with Gasteiger partial charge in [0.1, 0.15) is 0 Å². The van der Waals surface area contributed by atoms with E-state index in [4.69, 9.17) is 0 Å². The molecule has 0 aromatic heterocycles. The SMILES string of the molecule is CC/C(C)=C\CC1CC(=O)OC1=O. The molecule has 0 aliphatic carbocycles. The van der Waals surface area contributed by atoms with Gasteiger partial charge in [0.2, 0.25) is 0 Å². The predicted octanol–water partition coefficient (Wildman–Crippen LogP) is 1.82. The van der Waals surface area contributed by atoms with Crippen molar-refractivity contribution in [1.82, 2.24) is 0 Å². The molecular weight excluding hydrogens is 168 g/mol. The van der Waals surface area contributed by atoms with Gasteiger partial charge in [0, 0.05) is 0 Å². The molecule has 13 heavy (non-hydrogen) atoms. The summed E-state index contributed by atoms with van der Waals surface area (Å²) in [5.41, 5.74) is 1.24. The summed E-state index contributed by atoms with van der Waals surface area (Å²) in [6.07, 6.45) is 3.86. The smallest absolute Gasteiger partial charge is 0.317 e. The second-order valence-corrected chi connectivity index (χ2v) is 3.33. The Balaban J connectivity index is 2.46. The average Bonchev–Trinajstić information content (AvgIpc) is 2.41. The number of cyclic esters (lactones) is 2. The molecule has 1 atom stereocenters. The Kier molecular flexibility index (Phi) is 3.23. The van der Waals surface area contributed by atoms with Crippen molar-refractivity contribution < 1.29 is 14.3 Å². The van der Waals surface area contributed by atoms with Gasteiger partial charge in [-0.2, -0.15) is 0 Å². The topological polar surface area (TPSA) is 43.4 Å². The molecule has 1 heterocycles. The molecule has 72 valence electrons. The van der Waals surface area contributed by atoms with Gasteiger partial charge in [-0.25, -0.2) is 0 Å². The van der Waals surface area contributed by atoms with Crippen molar-refractivity contribution in [3.63, 3.8) is 0 Å². The fourth-order valence-electron chi connectivity index (χ4n) is 1.19. The lowest BCUT2D eigenvalue weighted by Crippen LogP contribution is -2.06. The largest absolute Gasteiger partial charge is 0.393 e. The molecule has 0 amide bonds. The monoisotopic (exact) mass is 182 g/mol. The van der Waals surface area contributed by atoms with Crippen LogP contribution in [-0.2, 0) is 14.3 Å². The second kappa shape index (κ2) is 4.21. The van der Waals surface area contributed by atoms with E-state index in [2.05, 4.69) is 11.7 Å². The third kappa shape index (κ3) is 2.68. The summed E-state index contributed by atoms with van der Waals surface area (Å²) in [6, 6.07) is 0. The van der Waals surface area contributed by atoms with Gasteiger partial charge in [-0.05, 0) is 19.8 Å². The lowest BCUT2D eigenvalue weighted by atomic mass is 10.0. The first-order valence-electron chi connectivity index (χ1n) is 4.53. The lowest BCUT2D eigenvalue weighted by molar-refractivity contribution is -0.153. The van der Waals surface area contributed by atoms with E-state index < -0.39 is 5.97 Å². The van der Waals surface area contributed by atoms with Crippen molar-refractivity contribution >= 4 is 11.9 Å². The van der Waals surface area contributed by atoms with Crippen LogP contribution in [0.4, 0.5) is 0 Å². The molecule has 0 N–H and O–H groups in total. The molecule has 1 unspecified atom stereocenters. The van der Waals surface area contributed by atoms with Gasteiger partial charge >= 0.3 is 11.9 Å². The Labute approximate surface area is 77.8 Å². The van der Waals surface area contributed by atoms with E-state index in [-0.39, 0.29) is 18.3 Å². The van der Waals surface area contributed by atoms with Gasteiger partial charge in [0.05, 0.1) is 12.3 Å². The first-order chi connectivity index (χ1) is 6.13. The van der Waals surface area contributed by atoms with Crippen LogP contribution in [0.1, 0.15) is 33.1 Å². The minimum Gasteiger partial charge on any atom is -0.393 e. The van der Waals surface area contributed by atoms with Crippen LogP contribution in [0.25, 0.3) is 0 Å². The maximum Gasteiger partial charge on any atom is 0.317 e. The number of ether oxygens (including phenoxy) is 1. The van der Waals surface area contributed by atoms with E-state index in [0.717, 1.165) is 6.42 Å². The summed E-state index contributed by atoms with van der Waals surface area (Å²) in [5.74, 6) is -1.00. The van der Waals surface area contributed by atoms with Gasteiger partial charge in [0.25, 0.3) is 0 Å². The zero-order valence-corrected chi connectivity index (χ0v) is 8.00. The summed E-state index contributed by atoms with van der Waals surface area (Å²) in [7, 11) is 0. The molecule has 3 heteroatoms. The quantitative estimate of drug-likeness (QED) is 0.380. The Bertz CT molecular complexity index is 253. The van der Waals surface area contributed by atoms with Crippen LogP contribution >= 0.6 is 0 Å². The molecule has 1 fully saturated rings. The molecular formula is C10H14O3. The number of hydrogen-bond acceptors (Lipinski definition) is 3. The highest BCUT2D eigenvalue weighted by atomic mass is 16.6. The van der Waals surface area contributed by atoms with Gasteiger partial charge in [-0.1, -0.05) is 18.6 Å². The van der Waals surface area contributed by atoms with Crippen molar-refractivity contribution in [2.75, 3.05) is 0 Å². The van der Waals surface area contributed by atoms with Crippen LogP contribution in [0.15, 0.2) is 11.6 Å². The van der Waals surface area contributed by atoms with Crippen LogP contribution in [0.3, 0.4) is 0 Å². The molecule has 0 aromatic carbocycles. The Morgan fingerprint density at radius 1 is 1.62 bits per heavy atom. The molecule has 1 saturated heterocycles. The standard InChI is InChI=1S/C10H14O3/c1-3-7(2)4-5-8-6-9(11)13-10(8)12/h4,8H,3,5-6H2,1-2H3/b7-4-. The third-order valence-corrected chi connectivity index (χ3v) is 2.27. The minimum absolute atomic E-state index is 0.242. The van der Waals surface area contributed by atoms with E-state index in [1.165, 1.54) is 5.57 Å². The number of hydrogen-bond donors (Lipinski definition) is 0. The molecule has 1 rings (SSSR count). The summed E-state index contributed by atoms with van der Waals surface area (Å²) in [4.78, 5) is 21.7. The number of carbonyl (C=O) groups excluding carboxylic acids is 2. The van der Waals surface area contributed by atoms with Crippen LogP contribution < -0.4 is 0 Å². The van der Waals surface area contributed by atoms with Gasteiger partial charge in [0.15, 0.2) is 0 Å². The molecule has 1 aliphatic heterocycles. The third-order valence-electron chi connectivity index (χ3n) is 2.27. The van der Waals surface area contributed by atoms with E-state index in [1.807, 2.05) is 13.0 Å². The second-order valence-electron chi connectivity index (χ2n) is 3.33. The summed E-state index contributed by atoms with van der Waals surface area (Å²) in [6.45, 7) is 4.08. The number of esters is 2. The van der Waals surface area contributed by atoms with Crippen molar-refractivity contribution in [3.8, 4) is 0 Å². The zero-order chi connectivity index (χ0) is 9.84. The molecule has 0 bridgehead atoms. The molecule has 0 aromatic rings. The highest BCUT2D eigenvalue weighted by Crippen LogP contribution is 2.20. The van der Waals surface area contributed by atoms with Crippen molar-refractivity contribution in [1.29, 1.82) is 0 Å². The van der Waals surface area contributed by atoms with Gasteiger partial charge in [-0.15, -0.1) is 0 Å². The van der Waals surface area contributed by atoms with Crippen molar-refractivity contribution in [2.45, 2.75) is 33.1 Å². The van der Waals surface area contributed by atoms with Crippen molar-refractivity contribution in [2.24, 2.45) is 5.92 Å². The Morgan fingerprint density at radius 2 is 2.31 bits per heavy atom. The summed E-state index contributed by atoms with van der Waals surface area (Å²) < 4.78 is 4.43. The maximum absolute atomic E-state index is 11.0. The fourth-order valence-corrected chi connectivity index (χ4v) is 1.19. The highest BCUT2D eigenvalue weighted by Gasteiger charge is 2.32. The normalized spacial score (nSPS) is 23.5. The Hall–Kier alpha value is -1.12. The average molecular weight is 182 g/mol. The summed E-state index contributed by atoms with van der Waals surface area (Å²) >= 11 is 0. The van der Waals surface area contributed by atoms with E-state index in [1.54, 1.807) is 0 Å². The zero-order valence-electron chi connectivity index (χ0n) is 8.00. The van der Waals surface area contributed by atoms with Crippen LogP contribution in [0.5, 0.6) is 0 Å². The number of carbonyl (C=O) groups is 2. The minimum atomic E-state index is -0.391. The first kappa shape index (κ1) is 9.96. The van der Waals surface area contributed by atoms with Gasteiger partial charge < -0.3 is 4.74 Å². The van der Waals surface area contributed by atoms with E-state index >= 15 is 0 Å². The highest BCUT2D eigenvalue weighted by molar-refractivity contribution is 5.94. The molecule has 3 nitrogen and oxygen atoms in total. The predicted molar refractivity (Wildman–Crippen MR) is 47.9 cm³/mol. The van der Waals surface area contributed by atoms with E-state index in [9.17, 15) is 9.59 Å². The first-order valence-corrected chi connectivity index (χ1v) is 4.53. The van der Waals surface area contributed by atoms with Crippen molar-refractivity contribution in [3.05, 3.63) is 11.6 Å². The van der Waals surface area contributed by atoms with E-state index in [0.29, 0.717) is 6.42 Å². The molecule has 0 spiro atoms. The van der Waals surface area contributed by atoms with Crippen LogP contribution in [0, 0.1) is 5.92 Å². The Morgan fingerprint density at radius 3 is 2.77 bits per heavy atom. The lowest BCUT2D eigenvalue weighted by Gasteiger charge is -2.00. The molecule has 0 radical (unpaired) electrons. The molecule has 0 saturated carbocycles. The fraction of sp³-hybridized carbons (Fsp3) is 0.600. The molecule has 1 aliphatic rings. The van der Waals surface area contributed by atoms with Crippen LogP contribution in [-0.4, -0.2) is 11.9 Å². The van der Waals surface area contributed by atoms with Crippen LogP contribution in [0.2, 0.25) is 0 Å². The number of allylic oxidation sites excluding steroid dienone is 2. The number of rotatable bonds is 3. The van der Waals surface area contributed by atoms with Gasteiger partial charge in [-0.3, -0.25) is 9.59 Å². The maximum atomic E-state index is 11.0. The summed E-state index contributed by atoms with van der Waals surface area (Å²) in [5, 5.41) is 0.